The molecular weight excluding hydrogens is 304 g/mol. The number of morpholine rings is 1. The third-order valence-corrected chi connectivity index (χ3v) is 5.23. The molecule has 1 aromatic rings. The summed E-state index contributed by atoms with van der Waals surface area (Å²) in [6.07, 6.45) is 0. The number of hydrogen-bond donors (Lipinski definition) is 1. The number of ether oxygens (including phenoxy) is 2. The van der Waals surface area contributed by atoms with Crippen LogP contribution in [-0.2, 0) is 21.3 Å². The maximum Gasteiger partial charge on any atom is 0.246 e. The highest BCUT2D eigenvalue weighted by atomic mass is 35.5. The minimum absolute atomic E-state index is 0.0508. The van der Waals surface area contributed by atoms with Crippen LogP contribution in [0.2, 0.25) is 5.02 Å². The van der Waals surface area contributed by atoms with E-state index in [9.17, 15) is 8.42 Å². The van der Waals surface area contributed by atoms with Crippen LogP contribution in [0.1, 0.15) is 5.56 Å². The lowest BCUT2D eigenvalue weighted by Gasteiger charge is -2.27. The third-order valence-electron chi connectivity index (χ3n) is 3.11. The van der Waals surface area contributed by atoms with E-state index in [1.807, 2.05) is 0 Å². The van der Waals surface area contributed by atoms with E-state index in [4.69, 9.17) is 26.8 Å². The van der Waals surface area contributed by atoms with Crippen molar-refractivity contribution in [3.63, 3.8) is 0 Å². The van der Waals surface area contributed by atoms with Crippen LogP contribution in [0.15, 0.2) is 17.0 Å². The van der Waals surface area contributed by atoms with Crippen LogP contribution in [0, 0.1) is 0 Å². The second kappa shape index (κ2) is 6.28. The summed E-state index contributed by atoms with van der Waals surface area (Å²) in [5.74, 6) is 0.253. The van der Waals surface area contributed by atoms with Gasteiger partial charge in [-0.25, -0.2) is 8.42 Å². The Balaban J connectivity index is 2.52. The van der Waals surface area contributed by atoms with E-state index in [1.165, 1.54) is 17.5 Å². The molecule has 0 amide bonds. The van der Waals surface area contributed by atoms with Gasteiger partial charge in [0.15, 0.2) is 0 Å². The standard InChI is InChI=1S/C12H17ClN2O4S/c1-18-12-9(8-14)6-10(13)7-11(12)20(16,17)15-2-4-19-5-3-15/h6-7H,2-5,8,14H2,1H3. The molecule has 8 heteroatoms. The molecule has 1 aromatic carbocycles. The second-order valence-corrected chi connectivity index (χ2v) is 6.66. The lowest BCUT2D eigenvalue weighted by molar-refractivity contribution is 0.0729. The Morgan fingerprint density at radius 1 is 1.40 bits per heavy atom. The van der Waals surface area contributed by atoms with Crippen LogP contribution in [0.25, 0.3) is 0 Å². The molecular formula is C12H17ClN2O4S. The minimum Gasteiger partial charge on any atom is -0.495 e. The number of sulfonamides is 1. The molecule has 112 valence electrons. The number of benzene rings is 1. The second-order valence-electron chi connectivity index (χ2n) is 4.32. The molecule has 1 aliphatic rings. The molecule has 0 radical (unpaired) electrons. The Hall–Kier alpha value is -0.860. The first-order valence-corrected chi connectivity index (χ1v) is 7.97. The van der Waals surface area contributed by atoms with Gasteiger partial charge >= 0.3 is 0 Å². The molecule has 2 N–H and O–H groups in total. The first-order valence-electron chi connectivity index (χ1n) is 6.15. The fourth-order valence-electron chi connectivity index (χ4n) is 2.12. The Bertz CT molecular complexity index is 585. The van der Waals surface area contributed by atoms with Crippen LogP contribution in [0.4, 0.5) is 0 Å². The van der Waals surface area contributed by atoms with Crippen LogP contribution in [-0.4, -0.2) is 46.1 Å². The molecule has 1 fully saturated rings. The van der Waals surface area contributed by atoms with Gasteiger partial charge in [0.2, 0.25) is 10.0 Å². The Morgan fingerprint density at radius 3 is 2.60 bits per heavy atom. The van der Waals surface area contributed by atoms with Crippen molar-refractivity contribution < 1.29 is 17.9 Å². The smallest absolute Gasteiger partial charge is 0.246 e. The molecule has 2 rings (SSSR count). The first-order chi connectivity index (χ1) is 9.50. The van der Waals surface area contributed by atoms with Gasteiger partial charge in [-0.15, -0.1) is 0 Å². The Kier molecular flexibility index (Phi) is 4.87. The fraction of sp³-hybridized carbons (Fsp3) is 0.500. The molecule has 1 aliphatic heterocycles. The van der Waals surface area contributed by atoms with Gasteiger partial charge < -0.3 is 15.2 Å². The molecule has 1 heterocycles. The molecule has 0 saturated carbocycles. The zero-order chi connectivity index (χ0) is 14.8. The van der Waals surface area contributed by atoms with Gasteiger partial charge in [-0.2, -0.15) is 4.31 Å². The normalized spacial score (nSPS) is 17.1. The molecule has 0 bridgehead atoms. The fourth-order valence-corrected chi connectivity index (χ4v) is 4.06. The van der Waals surface area contributed by atoms with Crippen molar-refractivity contribution in [2.75, 3.05) is 33.4 Å². The molecule has 0 unspecified atom stereocenters. The lowest BCUT2D eigenvalue weighted by atomic mass is 10.2. The van der Waals surface area contributed by atoms with Crippen LogP contribution >= 0.6 is 11.6 Å². The van der Waals surface area contributed by atoms with Crippen molar-refractivity contribution >= 4 is 21.6 Å². The van der Waals surface area contributed by atoms with Gasteiger partial charge in [-0.3, -0.25) is 0 Å². The van der Waals surface area contributed by atoms with Crippen molar-refractivity contribution in [3.05, 3.63) is 22.7 Å². The maximum absolute atomic E-state index is 12.7. The van der Waals surface area contributed by atoms with E-state index >= 15 is 0 Å². The summed E-state index contributed by atoms with van der Waals surface area (Å²) in [4.78, 5) is 0.0508. The van der Waals surface area contributed by atoms with Gasteiger partial charge in [0.1, 0.15) is 10.6 Å². The minimum atomic E-state index is -3.67. The summed E-state index contributed by atoms with van der Waals surface area (Å²) >= 11 is 5.98. The zero-order valence-electron chi connectivity index (χ0n) is 11.1. The molecule has 0 spiro atoms. The molecule has 0 aliphatic carbocycles. The number of nitrogens with zero attached hydrogens (tertiary/aromatic N) is 1. The molecule has 1 saturated heterocycles. The summed E-state index contributed by atoms with van der Waals surface area (Å²) in [5.41, 5.74) is 6.18. The zero-order valence-corrected chi connectivity index (χ0v) is 12.7. The topological polar surface area (TPSA) is 81.9 Å². The third kappa shape index (κ3) is 2.91. The predicted molar refractivity (Wildman–Crippen MR) is 75.5 cm³/mol. The largest absolute Gasteiger partial charge is 0.495 e. The number of nitrogens with two attached hydrogens (primary N) is 1. The molecule has 20 heavy (non-hydrogen) atoms. The van der Waals surface area contributed by atoms with Gasteiger partial charge in [-0.1, -0.05) is 11.6 Å². The monoisotopic (exact) mass is 320 g/mol. The highest BCUT2D eigenvalue weighted by Gasteiger charge is 2.30. The van der Waals surface area contributed by atoms with Gasteiger partial charge in [0.05, 0.1) is 20.3 Å². The summed E-state index contributed by atoms with van der Waals surface area (Å²) in [6, 6.07) is 3.00. The molecule has 0 aromatic heterocycles. The van der Waals surface area contributed by atoms with E-state index in [1.54, 1.807) is 6.07 Å². The van der Waals surface area contributed by atoms with Gasteiger partial charge in [0, 0.05) is 30.2 Å². The number of halogens is 1. The molecule has 0 atom stereocenters. The number of hydrogen-bond acceptors (Lipinski definition) is 5. The van der Waals surface area contributed by atoms with E-state index in [0.717, 1.165) is 0 Å². The van der Waals surface area contributed by atoms with E-state index in [-0.39, 0.29) is 17.2 Å². The predicted octanol–water partition coefficient (Wildman–Crippen LogP) is 0.828. The summed E-state index contributed by atoms with van der Waals surface area (Å²) in [5, 5.41) is 0.318. The Labute approximate surface area is 123 Å². The Morgan fingerprint density at radius 2 is 2.05 bits per heavy atom. The van der Waals surface area contributed by atoms with Crippen molar-refractivity contribution in [2.45, 2.75) is 11.4 Å². The number of rotatable bonds is 4. The van der Waals surface area contributed by atoms with Gasteiger partial charge in [0.25, 0.3) is 0 Å². The highest BCUT2D eigenvalue weighted by Crippen LogP contribution is 2.33. The lowest BCUT2D eigenvalue weighted by Crippen LogP contribution is -2.40. The van der Waals surface area contributed by atoms with Crippen LogP contribution in [0.3, 0.4) is 0 Å². The van der Waals surface area contributed by atoms with Crippen LogP contribution < -0.4 is 10.5 Å². The highest BCUT2D eigenvalue weighted by molar-refractivity contribution is 7.89. The van der Waals surface area contributed by atoms with Crippen LogP contribution in [0.5, 0.6) is 5.75 Å². The van der Waals surface area contributed by atoms with E-state index in [2.05, 4.69) is 0 Å². The van der Waals surface area contributed by atoms with Crippen molar-refractivity contribution in [1.29, 1.82) is 0 Å². The average Bonchev–Trinajstić information content (AvgIpc) is 2.47. The van der Waals surface area contributed by atoms with Gasteiger partial charge in [-0.05, 0) is 12.1 Å². The maximum atomic E-state index is 12.7. The SMILES string of the molecule is COc1c(CN)cc(Cl)cc1S(=O)(=O)N1CCOCC1. The van der Waals surface area contributed by atoms with E-state index < -0.39 is 10.0 Å². The first kappa shape index (κ1) is 15.5. The average molecular weight is 321 g/mol. The number of methoxy groups -OCH3 is 1. The van der Waals surface area contributed by atoms with Crippen molar-refractivity contribution in [2.24, 2.45) is 5.73 Å². The molecule has 6 nitrogen and oxygen atoms in total. The van der Waals surface area contributed by atoms with Crippen molar-refractivity contribution in [3.8, 4) is 5.75 Å². The summed E-state index contributed by atoms with van der Waals surface area (Å²) in [7, 11) is -2.25. The summed E-state index contributed by atoms with van der Waals surface area (Å²) < 4.78 is 37.1. The van der Waals surface area contributed by atoms with Crippen molar-refractivity contribution in [1.82, 2.24) is 4.31 Å². The van der Waals surface area contributed by atoms with E-state index in [0.29, 0.717) is 36.9 Å². The quantitative estimate of drug-likeness (QED) is 0.888. The summed E-state index contributed by atoms with van der Waals surface area (Å²) in [6.45, 7) is 1.54.